The standard InChI is InChI=1S/C15H17NO/c1-2-5-14-11-13-10-12-6-3-4-7-15(12)16(13)8-9-17-14/h3-4,6-7,10-11H,2,5,8-9H2,1H3. The van der Waals surface area contributed by atoms with E-state index in [1.807, 2.05) is 0 Å². The van der Waals surface area contributed by atoms with Gasteiger partial charge in [-0.1, -0.05) is 25.1 Å². The second-order valence-corrected chi connectivity index (χ2v) is 4.49. The van der Waals surface area contributed by atoms with Crippen LogP contribution in [0.5, 0.6) is 0 Å². The lowest BCUT2D eigenvalue weighted by atomic mass is 10.2. The monoisotopic (exact) mass is 227 g/mol. The summed E-state index contributed by atoms with van der Waals surface area (Å²) in [5.74, 6) is 1.12. The van der Waals surface area contributed by atoms with E-state index in [4.69, 9.17) is 4.74 Å². The maximum atomic E-state index is 5.77. The zero-order valence-corrected chi connectivity index (χ0v) is 10.1. The largest absolute Gasteiger partial charge is 0.496 e. The number of hydrogen-bond acceptors (Lipinski definition) is 1. The highest BCUT2D eigenvalue weighted by atomic mass is 16.5. The minimum atomic E-state index is 0.775. The van der Waals surface area contributed by atoms with E-state index in [2.05, 4.69) is 47.9 Å². The number of benzene rings is 1. The molecule has 0 amide bonds. The second-order valence-electron chi connectivity index (χ2n) is 4.49. The number of fused-ring (bicyclic) bond motifs is 3. The Morgan fingerprint density at radius 2 is 2.18 bits per heavy atom. The van der Waals surface area contributed by atoms with Gasteiger partial charge in [-0.05, 0) is 24.6 Å². The molecule has 0 fully saturated rings. The van der Waals surface area contributed by atoms with E-state index in [1.54, 1.807) is 0 Å². The average Bonchev–Trinajstić information content (AvgIpc) is 2.55. The molecule has 0 unspecified atom stereocenters. The molecule has 0 N–H and O–H groups in total. The van der Waals surface area contributed by atoms with E-state index in [-0.39, 0.29) is 0 Å². The van der Waals surface area contributed by atoms with E-state index in [9.17, 15) is 0 Å². The van der Waals surface area contributed by atoms with Crippen molar-refractivity contribution in [2.45, 2.75) is 26.3 Å². The maximum absolute atomic E-state index is 5.77. The average molecular weight is 227 g/mol. The van der Waals surface area contributed by atoms with Crippen LogP contribution >= 0.6 is 0 Å². The van der Waals surface area contributed by atoms with E-state index < -0.39 is 0 Å². The van der Waals surface area contributed by atoms with Crippen LogP contribution in [0.25, 0.3) is 17.0 Å². The molecular weight excluding hydrogens is 210 g/mol. The summed E-state index contributed by atoms with van der Waals surface area (Å²) in [5.41, 5.74) is 2.58. The van der Waals surface area contributed by atoms with Gasteiger partial charge in [-0.15, -0.1) is 0 Å². The summed E-state index contributed by atoms with van der Waals surface area (Å²) in [6, 6.07) is 10.8. The van der Waals surface area contributed by atoms with Crippen molar-refractivity contribution in [1.29, 1.82) is 0 Å². The third kappa shape index (κ3) is 1.84. The predicted molar refractivity (Wildman–Crippen MR) is 70.8 cm³/mol. The van der Waals surface area contributed by atoms with Gasteiger partial charge in [0.1, 0.15) is 6.61 Å². The predicted octanol–water partition coefficient (Wildman–Crippen LogP) is 3.81. The summed E-state index contributed by atoms with van der Waals surface area (Å²) in [6.45, 7) is 3.90. The van der Waals surface area contributed by atoms with Crippen LogP contribution < -0.4 is 0 Å². The highest BCUT2D eigenvalue weighted by molar-refractivity contribution is 5.83. The zero-order chi connectivity index (χ0) is 11.7. The molecule has 17 heavy (non-hydrogen) atoms. The first kappa shape index (κ1) is 10.5. The first-order chi connectivity index (χ1) is 8.38. The SMILES string of the molecule is CCCC1=Cc2cc3ccccc3n2CCO1. The molecule has 0 atom stereocenters. The summed E-state index contributed by atoms with van der Waals surface area (Å²) in [6.07, 6.45) is 4.35. The number of ether oxygens (including phenoxy) is 1. The van der Waals surface area contributed by atoms with Crippen molar-refractivity contribution in [3.05, 3.63) is 41.8 Å². The zero-order valence-electron chi connectivity index (χ0n) is 10.1. The molecule has 0 saturated heterocycles. The lowest BCUT2D eigenvalue weighted by molar-refractivity contribution is 0.199. The molecule has 2 aromatic rings. The van der Waals surface area contributed by atoms with Crippen LogP contribution in [0.4, 0.5) is 0 Å². The molecule has 1 aliphatic rings. The molecule has 2 heterocycles. The number of hydrogen-bond donors (Lipinski definition) is 0. The molecule has 0 aliphatic carbocycles. The highest BCUT2D eigenvalue weighted by Crippen LogP contribution is 2.25. The molecule has 2 heteroatoms. The Morgan fingerprint density at radius 1 is 1.29 bits per heavy atom. The number of allylic oxidation sites excluding steroid dienone is 1. The van der Waals surface area contributed by atoms with Gasteiger partial charge in [-0.3, -0.25) is 0 Å². The Labute approximate surface area is 102 Å². The van der Waals surface area contributed by atoms with E-state index >= 15 is 0 Å². The quantitative estimate of drug-likeness (QED) is 0.761. The molecule has 0 saturated carbocycles. The van der Waals surface area contributed by atoms with Crippen molar-refractivity contribution < 1.29 is 4.74 Å². The van der Waals surface area contributed by atoms with Crippen molar-refractivity contribution in [1.82, 2.24) is 4.57 Å². The second kappa shape index (κ2) is 4.28. The lowest BCUT2D eigenvalue weighted by Crippen LogP contribution is -2.03. The lowest BCUT2D eigenvalue weighted by Gasteiger charge is -2.06. The van der Waals surface area contributed by atoms with Gasteiger partial charge in [0, 0.05) is 23.0 Å². The Hall–Kier alpha value is -1.70. The Kier molecular flexibility index (Phi) is 2.63. The Morgan fingerprint density at radius 3 is 3.06 bits per heavy atom. The van der Waals surface area contributed by atoms with Crippen LogP contribution in [0.2, 0.25) is 0 Å². The van der Waals surface area contributed by atoms with E-state index in [0.29, 0.717) is 0 Å². The van der Waals surface area contributed by atoms with Gasteiger partial charge in [-0.25, -0.2) is 0 Å². The minimum absolute atomic E-state index is 0.775. The van der Waals surface area contributed by atoms with Crippen LogP contribution in [0, 0.1) is 0 Å². The summed E-state index contributed by atoms with van der Waals surface area (Å²) in [7, 11) is 0. The fourth-order valence-electron chi connectivity index (χ4n) is 2.47. The van der Waals surface area contributed by atoms with Gasteiger partial charge >= 0.3 is 0 Å². The third-order valence-electron chi connectivity index (χ3n) is 3.25. The third-order valence-corrected chi connectivity index (χ3v) is 3.25. The van der Waals surface area contributed by atoms with Crippen LogP contribution in [0.3, 0.4) is 0 Å². The van der Waals surface area contributed by atoms with Gasteiger partial charge in [0.25, 0.3) is 0 Å². The molecule has 88 valence electrons. The number of aromatic nitrogens is 1. The van der Waals surface area contributed by atoms with Gasteiger partial charge in [0.15, 0.2) is 0 Å². The van der Waals surface area contributed by atoms with Crippen molar-refractivity contribution in [3.8, 4) is 0 Å². The fourth-order valence-corrected chi connectivity index (χ4v) is 2.47. The summed E-state index contributed by atoms with van der Waals surface area (Å²) in [5, 5.41) is 1.32. The molecule has 1 aromatic carbocycles. The van der Waals surface area contributed by atoms with Crippen LogP contribution in [-0.2, 0) is 11.3 Å². The maximum Gasteiger partial charge on any atom is 0.106 e. The molecule has 1 aromatic heterocycles. The molecule has 0 spiro atoms. The molecule has 2 nitrogen and oxygen atoms in total. The normalized spacial score (nSPS) is 15.0. The Bertz CT molecular complexity index is 565. The van der Waals surface area contributed by atoms with Gasteiger partial charge in [0.2, 0.25) is 0 Å². The van der Waals surface area contributed by atoms with Crippen molar-refractivity contribution >= 4 is 17.0 Å². The van der Waals surface area contributed by atoms with E-state index in [0.717, 1.165) is 31.8 Å². The first-order valence-corrected chi connectivity index (χ1v) is 6.30. The van der Waals surface area contributed by atoms with Gasteiger partial charge in [0.05, 0.1) is 12.3 Å². The van der Waals surface area contributed by atoms with Crippen LogP contribution in [0.1, 0.15) is 25.5 Å². The molecular formula is C15H17NO. The van der Waals surface area contributed by atoms with Crippen LogP contribution in [-0.4, -0.2) is 11.2 Å². The smallest absolute Gasteiger partial charge is 0.106 e. The molecule has 0 bridgehead atoms. The Balaban J connectivity index is 2.12. The summed E-state index contributed by atoms with van der Waals surface area (Å²) >= 11 is 0. The number of nitrogens with zero attached hydrogens (tertiary/aromatic N) is 1. The molecule has 1 aliphatic heterocycles. The number of rotatable bonds is 2. The molecule has 0 radical (unpaired) electrons. The van der Waals surface area contributed by atoms with Crippen molar-refractivity contribution in [2.24, 2.45) is 0 Å². The first-order valence-electron chi connectivity index (χ1n) is 6.30. The van der Waals surface area contributed by atoms with Crippen molar-refractivity contribution in [3.63, 3.8) is 0 Å². The van der Waals surface area contributed by atoms with Crippen molar-refractivity contribution in [2.75, 3.05) is 6.61 Å². The molecule has 3 rings (SSSR count). The summed E-state index contributed by atoms with van der Waals surface area (Å²) in [4.78, 5) is 0. The van der Waals surface area contributed by atoms with E-state index in [1.165, 1.54) is 16.6 Å². The van der Waals surface area contributed by atoms with Gasteiger partial charge in [-0.2, -0.15) is 0 Å². The highest BCUT2D eigenvalue weighted by Gasteiger charge is 2.11. The van der Waals surface area contributed by atoms with Crippen LogP contribution in [0.15, 0.2) is 36.1 Å². The minimum Gasteiger partial charge on any atom is -0.496 e. The fraction of sp³-hybridized carbons (Fsp3) is 0.333. The topological polar surface area (TPSA) is 14.2 Å². The summed E-state index contributed by atoms with van der Waals surface area (Å²) < 4.78 is 8.12. The number of para-hydroxylation sites is 1. The van der Waals surface area contributed by atoms with Gasteiger partial charge < -0.3 is 9.30 Å².